The molecule has 1 rings (SSSR count). The molecule has 0 radical (unpaired) electrons. The predicted octanol–water partition coefficient (Wildman–Crippen LogP) is 2.02. The molecule has 0 spiro atoms. The molecule has 0 unspecified atom stereocenters. The molecule has 6 heteroatoms. The van der Waals surface area contributed by atoms with Crippen molar-refractivity contribution in [2.75, 3.05) is 0 Å². The fourth-order valence-electron chi connectivity index (χ4n) is 1.02. The Balaban J connectivity index is 3.32. The normalized spacial score (nSPS) is 10.3. The molecular weight excluding hydrogens is 210 g/mol. The molecule has 0 amide bonds. The number of carboxylic acids is 2. The van der Waals surface area contributed by atoms with E-state index in [0.717, 1.165) is 18.2 Å². The lowest BCUT2D eigenvalue weighted by atomic mass is 10.1. The second-order valence-corrected chi connectivity index (χ2v) is 2.75. The van der Waals surface area contributed by atoms with Gasteiger partial charge in [-0.3, -0.25) is 0 Å². The highest BCUT2D eigenvalue weighted by atomic mass is 19.3. The predicted molar refractivity (Wildman–Crippen MR) is 45.3 cm³/mol. The molecule has 0 heterocycles. The first kappa shape index (κ1) is 11.1. The standard InChI is InChI=1S/C9H6F2O4/c10-7(11)4-1-5(8(12)13)3-6(2-4)9(14)15/h1-3,7H,(H,12,13)(H,14,15). The highest BCUT2D eigenvalue weighted by Gasteiger charge is 2.15. The number of rotatable bonds is 3. The zero-order chi connectivity index (χ0) is 11.6. The lowest BCUT2D eigenvalue weighted by Gasteiger charge is -2.03. The number of carboxylic acid groups (broad SMARTS) is 2. The Morgan fingerprint density at radius 2 is 1.40 bits per heavy atom. The van der Waals surface area contributed by atoms with Crippen molar-refractivity contribution in [2.24, 2.45) is 0 Å². The van der Waals surface area contributed by atoms with Gasteiger partial charge in [0.1, 0.15) is 0 Å². The maximum atomic E-state index is 12.3. The second kappa shape index (κ2) is 4.04. The molecule has 0 aliphatic carbocycles. The SMILES string of the molecule is O=C(O)c1cc(C(=O)O)cc(C(F)F)c1. The van der Waals surface area contributed by atoms with Crippen LogP contribution in [0.15, 0.2) is 18.2 Å². The first-order valence-electron chi connectivity index (χ1n) is 3.81. The van der Waals surface area contributed by atoms with E-state index >= 15 is 0 Å². The van der Waals surface area contributed by atoms with Crippen LogP contribution in [0.25, 0.3) is 0 Å². The van der Waals surface area contributed by atoms with E-state index in [2.05, 4.69) is 0 Å². The molecule has 0 saturated carbocycles. The van der Waals surface area contributed by atoms with Crippen molar-refractivity contribution >= 4 is 11.9 Å². The van der Waals surface area contributed by atoms with Crippen LogP contribution in [-0.4, -0.2) is 22.2 Å². The molecular formula is C9H6F2O4. The topological polar surface area (TPSA) is 74.6 Å². The van der Waals surface area contributed by atoms with Gasteiger partial charge in [0.05, 0.1) is 11.1 Å². The first-order valence-corrected chi connectivity index (χ1v) is 3.81. The minimum Gasteiger partial charge on any atom is -0.478 e. The molecule has 0 aliphatic rings. The van der Waals surface area contributed by atoms with E-state index in [1.165, 1.54) is 0 Å². The second-order valence-electron chi connectivity index (χ2n) is 2.75. The van der Waals surface area contributed by atoms with Crippen molar-refractivity contribution in [1.82, 2.24) is 0 Å². The quantitative estimate of drug-likeness (QED) is 0.810. The van der Waals surface area contributed by atoms with Crippen LogP contribution in [0.3, 0.4) is 0 Å². The maximum Gasteiger partial charge on any atom is 0.335 e. The van der Waals surface area contributed by atoms with Crippen LogP contribution < -0.4 is 0 Å². The Hall–Kier alpha value is -1.98. The van der Waals surface area contributed by atoms with Gasteiger partial charge >= 0.3 is 11.9 Å². The Morgan fingerprint density at radius 1 is 1.00 bits per heavy atom. The van der Waals surface area contributed by atoms with Crippen molar-refractivity contribution in [1.29, 1.82) is 0 Å². The summed E-state index contributed by atoms with van der Waals surface area (Å²) in [5.74, 6) is -2.89. The van der Waals surface area contributed by atoms with Crippen LogP contribution in [0.5, 0.6) is 0 Å². The van der Waals surface area contributed by atoms with Gasteiger partial charge in [0.25, 0.3) is 6.43 Å². The molecule has 0 fully saturated rings. The van der Waals surface area contributed by atoms with Gasteiger partial charge in [-0.15, -0.1) is 0 Å². The van der Waals surface area contributed by atoms with Crippen LogP contribution in [0.1, 0.15) is 32.7 Å². The van der Waals surface area contributed by atoms with Gasteiger partial charge in [-0.25, -0.2) is 18.4 Å². The van der Waals surface area contributed by atoms with Gasteiger partial charge in [0.2, 0.25) is 0 Å². The Morgan fingerprint density at radius 3 is 1.67 bits per heavy atom. The minimum absolute atomic E-state index is 0.467. The largest absolute Gasteiger partial charge is 0.478 e. The van der Waals surface area contributed by atoms with Crippen LogP contribution in [0.4, 0.5) is 8.78 Å². The van der Waals surface area contributed by atoms with Gasteiger partial charge in [-0.05, 0) is 18.2 Å². The van der Waals surface area contributed by atoms with Crippen LogP contribution in [-0.2, 0) is 0 Å². The van der Waals surface area contributed by atoms with Gasteiger partial charge in [0, 0.05) is 5.56 Å². The lowest BCUT2D eigenvalue weighted by Crippen LogP contribution is -2.04. The third kappa shape index (κ3) is 2.49. The van der Waals surface area contributed by atoms with Crippen molar-refractivity contribution in [3.05, 3.63) is 34.9 Å². The molecule has 1 aromatic carbocycles. The fourth-order valence-corrected chi connectivity index (χ4v) is 1.02. The number of halogens is 2. The minimum atomic E-state index is -2.90. The van der Waals surface area contributed by atoms with Crippen molar-refractivity contribution < 1.29 is 28.6 Å². The Labute approximate surface area is 82.8 Å². The summed E-state index contributed by atoms with van der Waals surface area (Å²) in [6.07, 6.45) is -2.90. The van der Waals surface area contributed by atoms with Crippen molar-refractivity contribution in [2.45, 2.75) is 6.43 Å². The fraction of sp³-hybridized carbons (Fsp3) is 0.111. The van der Waals surface area contributed by atoms with E-state index in [1.54, 1.807) is 0 Å². The number of hydrogen-bond acceptors (Lipinski definition) is 2. The summed E-state index contributed by atoms with van der Waals surface area (Å²) in [7, 11) is 0. The highest BCUT2D eigenvalue weighted by Crippen LogP contribution is 2.21. The summed E-state index contributed by atoms with van der Waals surface area (Å²) < 4.78 is 24.5. The highest BCUT2D eigenvalue weighted by molar-refractivity contribution is 5.94. The van der Waals surface area contributed by atoms with E-state index < -0.39 is 35.1 Å². The van der Waals surface area contributed by atoms with Crippen LogP contribution in [0, 0.1) is 0 Å². The molecule has 80 valence electrons. The van der Waals surface area contributed by atoms with Crippen LogP contribution in [0.2, 0.25) is 0 Å². The van der Waals surface area contributed by atoms with Gasteiger partial charge in [-0.2, -0.15) is 0 Å². The molecule has 0 atom stereocenters. The molecule has 1 aromatic rings. The van der Waals surface area contributed by atoms with Crippen molar-refractivity contribution in [3.8, 4) is 0 Å². The summed E-state index contributed by atoms with van der Waals surface area (Å²) in [5.41, 5.74) is -1.55. The average Bonchev–Trinajstić information content (AvgIpc) is 2.16. The molecule has 0 saturated heterocycles. The average molecular weight is 216 g/mol. The van der Waals surface area contributed by atoms with Crippen molar-refractivity contribution in [3.63, 3.8) is 0 Å². The lowest BCUT2D eigenvalue weighted by molar-refractivity contribution is 0.0696. The van der Waals surface area contributed by atoms with Gasteiger partial charge in [-0.1, -0.05) is 0 Å². The third-order valence-corrected chi connectivity index (χ3v) is 1.70. The summed E-state index contributed by atoms with van der Waals surface area (Å²) in [4.78, 5) is 21.0. The van der Waals surface area contributed by atoms with E-state index in [-0.39, 0.29) is 0 Å². The zero-order valence-electron chi connectivity index (χ0n) is 7.28. The summed E-state index contributed by atoms with van der Waals surface area (Å²) >= 11 is 0. The molecule has 2 N–H and O–H groups in total. The molecule has 0 aromatic heterocycles. The number of hydrogen-bond donors (Lipinski definition) is 2. The first-order chi connectivity index (χ1) is 6.91. The monoisotopic (exact) mass is 216 g/mol. The zero-order valence-corrected chi connectivity index (χ0v) is 7.28. The summed E-state index contributed by atoms with van der Waals surface area (Å²) in [5, 5.41) is 17.1. The molecule has 0 bridgehead atoms. The van der Waals surface area contributed by atoms with E-state index in [1.807, 2.05) is 0 Å². The Bertz CT molecular complexity index is 382. The van der Waals surface area contributed by atoms with Gasteiger partial charge < -0.3 is 10.2 Å². The number of benzene rings is 1. The summed E-state index contributed by atoms with van der Waals surface area (Å²) in [6.45, 7) is 0. The molecule has 4 nitrogen and oxygen atoms in total. The molecule has 15 heavy (non-hydrogen) atoms. The van der Waals surface area contributed by atoms with E-state index in [9.17, 15) is 18.4 Å². The summed E-state index contributed by atoms with van der Waals surface area (Å²) in [6, 6.07) is 2.33. The number of carbonyl (C=O) groups is 2. The smallest absolute Gasteiger partial charge is 0.335 e. The van der Waals surface area contributed by atoms with E-state index in [4.69, 9.17) is 10.2 Å². The Kier molecular flexibility index (Phi) is 2.99. The third-order valence-electron chi connectivity index (χ3n) is 1.70. The number of alkyl halides is 2. The maximum absolute atomic E-state index is 12.3. The van der Waals surface area contributed by atoms with Gasteiger partial charge in [0.15, 0.2) is 0 Å². The van der Waals surface area contributed by atoms with Crippen LogP contribution >= 0.6 is 0 Å². The number of aromatic carboxylic acids is 2. The van der Waals surface area contributed by atoms with E-state index in [0.29, 0.717) is 0 Å². The molecule has 0 aliphatic heterocycles.